The van der Waals surface area contributed by atoms with E-state index in [0.717, 1.165) is 36.5 Å². The summed E-state index contributed by atoms with van der Waals surface area (Å²) in [6, 6.07) is 0. The molecular weight excluding hydrogens is 224 g/mol. The van der Waals surface area contributed by atoms with Gasteiger partial charge in [-0.1, -0.05) is 20.8 Å². The number of hydrogen-bond donors (Lipinski definition) is 0. The van der Waals surface area contributed by atoms with Gasteiger partial charge in [-0.3, -0.25) is 4.79 Å². The summed E-state index contributed by atoms with van der Waals surface area (Å²) in [5.41, 5.74) is -0.141. The largest absolute Gasteiger partial charge is 0.459 e. The lowest BCUT2D eigenvalue weighted by Crippen LogP contribution is -2.45. The maximum absolute atomic E-state index is 11.5. The molecule has 0 saturated heterocycles. The molecule has 0 N–H and O–H groups in total. The highest BCUT2D eigenvalue weighted by Gasteiger charge is 2.61. The molecule has 3 aliphatic rings. The molecule has 0 spiro atoms. The van der Waals surface area contributed by atoms with Crippen molar-refractivity contribution in [2.45, 2.75) is 65.4 Å². The zero-order valence-electron chi connectivity index (χ0n) is 12.2. The minimum Gasteiger partial charge on any atom is -0.459 e. The summed E-state index contributed by atoms with van der Waals surface area (Å²) < 4.78 is 5.89. The van der Waals surface area contributed by atoms with Crippen molar-refractivity contribution in [3.05, 3.63) is 0 Å². The van der Waals surface area contributed by atoms with Crippen LogP contribution in [0.15, 0.2) is 0 Å². The van der Waals surface area contributed by atoms with Gasteiger partial charge in [0.1, 0.15) is 5.60 Å². The molecule has 3 rings (SSSR count). The predicted octanol–water partition coefficient (Wildman–Crippen LogP) is 3.79. The van der Waals surface area contributed by atoms with Crippen molar-refractivity contribution in [3.63, 3.8) is 0 Å². The van der Waals surface area contributed by atoms with E-state index < -0.39 is 0 Å². The summed E-state index contributed by atoms with van der Waals surface area (Å²) in [4.78, 5) is 11.5. The predicted molar refractivity (Wildman–Crippen MR) is 71.0 cm³/mol. The lowest BCUT2D eigenvalue weighted by molar-refractivity contribution is -0.171. The number of carbonyl (C=O) groups is 1. The maximum Gasteiger partial charge on any atom is 0.303 e. The highest BCUT2D eigenvalue weighted by atomic mass is 16.6. The normalized spacial score (nSPS) is 46.2. The first-order chi connectivity index (χ1) is 8.32. The molecule has 0 aromatic carbocycles. The highest BCUT2D eigenvalue weighted by Crippen LogP contribution is 2.64. The second-order valence-corrected chi connectivity index (χ2v) is 7.91. The molecule has 3 saturated carbocycles. The van der Waals surface area contributed by atoms with E-state index in [1.807, 2.05) is 0 Å². The molecule has 102 valence electrons. The fourth-order valence-corrected chi connectivity index (χ4v) is 5.13. The second kappa shape index (κ2) is 3.74. The second-order valence-electron chi connectivity index (χ2n) is 7.91. The lowest BCUT2D eigenvalue weighted by atomic mass is 9.73. The van der Waals surface area contributed by atoms with Crippen LogP contribution in [0, 0.1) is 29.1 Å². The van der Waals surface area contributed by atoms with Crippen LogP contribution in [0.4, 0.5) is 0 Å². The van der Waals surface area contributed by atoms with E-state index in [2.05, 4.69) is 20.8 Å². The Morgan fingerprint density at radius 1 is 1.11 bits per heavy atom. The van der Waals surface area contributed by atoms with Crippen molar-refractivity contribution in [1.82, 2.24) is 0 Å². The third kappa shape index (κ3) is 1.64. The Morgan fingerprint density at radius 2 is 1.61 bits per heavy atom. The Kier molecular flexibility index (Phi) is 2.60. The minimum absolute atomic E-state index is 0.0580. The first kappa shape index (κ1) is 12.5. The number of carbonyl (C=O) groups excluding carboxylic acids is 1. The Labute approximate surface area is 110 Å². The molecule has 3 aliphatic carbocycles. The van der Waals surface area contributed by atoms with Gasteiger partial charge in [-0.05, 0) is 55.8 Å². The van der Waals surface area contributed by atoms with Gasteiger partial charge in [0.2, 0.25) is 0 Å². The molecule has 2 heteroatoms. The van der Waals surface area contributed by atoms with E-state index in [9.17, 15) is 4.79 Å². The molecule has 18 heavy (non-hydrogen) atoms. The molecule has 4 unspecified atom stereocenters. The molecule has 0 aromatic rings. The van der Waals surface area contributed by atoms with Crippen molar-refractivity contribution in [1.29, 1.82) is 0 Å². The van der Waals surface area contributed by atoms with Crippen molar-refractivity contribution < 1.29 is 9.53 Å². The van der Waals surface area contributed by atoms with E-state index in [-0.39, 0.29) is 17.0 Å². The van der Waals surface area contributed by atoms with Crippen LogP contribution in [-0.2, 0) is 9.53 Å². The zero-order valence-corrected chi connectivity index (χ0v) is 12.2. The summed E-state index contributed by atoms with van der Waals surface area (Å²) in [6.45, 7) is 8.27. The molecule has 4 atom stereocenters. The topological polar surface area (TPSA) is 26.3 Å². The number of rotatable bonds is 1. The molecule has 2 bridgehead atoms. The standard InChI is InChI=1S/C16H26O2/c1-10(17)18-16(15(2,3)4)8-13-11-5-6-12(7-11)14(13)9-16/h11-14H,5-9H2,1-4H3. The van der Waals surface area contributed by atoms with Crippen LogP contribution in [0.2, 0.25) is 0 Å². The highest BCUT2D eigenvalue weighted by molar-refractivity contribution is 5.66. The van der Waals surface area contributed by atoms with Gasteiger partial charge in [0, 0.05) is 12.3 Å². The summed E-state index contributed by atoms with van der Waals surface area (Å²) in [5, 5.41) is 0. The fourth-order valence-electron chi connectivity index (χ4n) is 5.13. The van der Waals surface area contributed by atoms with Crippen LogP contribution in [0.1, 0.15) is 59.8 Å². The van der Waals surface area contributed by atoms with Crippen molar-refractivity contribution >= 4 is 5.97 Å². The van der Waals surface area contributed by atoms with Crippen LogP contribution < -0.4 is 0 Å². The van der Waals surface area contributed by atoms with Crippen molar-refractivity contribution in [2.24, 2.45) is 29.1 Å². The third-order valence-electron chi connectivity index (χ3n) is 6.11. The van der Waals surface area contributed by atoms with Gasteiger partial charge in [0.25, 0.3) is 0 Å². The summed E-state index contributed by atoms with van der Waals surface area (Å²) >= 11 is 0. The van der Waals surface area contributed by atoms with Gasteiger partial charge in [-0.15, -0.1) is 0 Å². The molecule has 0 radical (unpaired) electrons. The first-order valence-corrected chi connectivity index (χ1v) is 7.52. The van der Waals surface area contributed by atoms with E-state index in [4.69, 9.17) is 4.74 Å². The number of fused-ring (bicyclic) bond motifs is 5. The first-order valence-electron chi connectivity index (χ1n) is 7.52. The average molecular weight is 250 g/mol. The van der Waals surface area contributed by atoms with Gasteiger partial charge >= 0.3 is 5.97 Å². The Bertz CT molecular complexity index is 348. The van der Waals surface area contributed by atoms with E-state index in [0.29, 0.717) is 0 Å². The smallest absolute Gasteiger partial charge is 0.303 e. The Morgan fingerprint density at radius 3 is 2.00 bits per heavy atom. The molecule has 2 nitrogen and oxygen atoms in total. The quantitative estimate of drug-likeness (QED) is 0.662. The maximum atomic E-state index is 11.5. The van der Waals surface area contributed by atoms with Crippen molar-refractivity contribution in [2.75, 3.05) is 0 Å². The van der Waals surface area contributed by atoms with Gasteiger partial charge in [0.15, 0.2) is 0 Å². The summed E-state index contributed by atoms with van der Waals surface area (Å²) in [7, 11) is 0. The lowest BCUT2D eigenvalue weighted by Gasteiger charge is -2.42. The van der Waals surface area contributed by atoms with Gasteiger partial charge in [0.05, 0.1) is 0 Å². The van der Waals surface area contributed by atoms with Gasteiger partial charge in [-0.2, -0.15) is 0 Å². The van der Waals surface area contributed by atoms with E-state index >= 15 is 0 Å². The SMILES string of the molecule is CC(=O)OC1(C(C)(C)C)CC2C3CCC(C3)C2C1. The van der Waals surface area contributed by atoms with E-state index in [1.165, 1.54) is 19.3 Å². The van der Waals surface area contributed by atoms with Crippen LogP contribution >= 0.6 is 0 Å². The van der Waals surface area contributed by atoms with Crippen molar-refractivity contribution in [3.8, 4) is 0 Å². The Hall–Kier alpha value is -0.530. The van der Waals surface area contributed by atoms with E-state index in [1.54, 1.807) is 6.92 Å². The number of ether oxygens (including phenoxy) is 1. The minimum atomic E-state index is -0.199. The molecule has 0 amide bonds. The third-order valence-corrected chi connectivity index (χ3v) is 6.11. The monoisotopic (exact) mass is 250 g/mol. The molecule has 3 fully saturated rings. The Balaban J connectivity index is 1.88. The van der Waals surface area contributed by atoms with Crippen LogP contribution in [0.3, 0.4) is 0 Å². The molecule has 0 heterocycles. The molecule has 0 aliphatic heterocycles. The number of esters is 1. The summed E-state index contributed by atoms with van der Waals surface area (Å²) in [6.07, 6.45) is 6.53. The molecule has 0 aromatic heterocycles. The molecular formula is C16H26O2. The van der Waals surface area contributed by atoms with Gasteiger partial charge in [-0.25, -0.2) is 0 Å². The summed E-state index contributed by atoms with van der Waals surface area (Å²) in [5.74, 6) is 3.43. The van der Waals surface area contributed by atoms with Crippen LogP contribution in [0.25, 0.3) is 0 Å². The number of hydrogen-bond acceptors (Lipinski definition) is 2. The fraction of sp³-hybridized carbons (Fsp3) is 0.938. The van der Waals surface area contributed by atoms with Crippen LogP contribution in [-0.4, -0.2) is 11.6 Å². The average Bonchev–Trinajstić information content (AvgIpc) is 2.82. The van der Waals surface area contributed by atoms with Crippen LogP contribution in [0.5, 0.6) is 0 Å². The zero-order chi connectivity index (χ0) is 13.1. The van der Waals surface area contributed by atoms with Gasteiger partial charge < -0.3 is 4.74 Å².